The monoisotopic (exact) mass is 328 g/mol. The molecule has 2 unspecified atom stereocenters. The number of hydrogen-bond acceptors (Lipinski definition) is 2. The Hall–Kier alpha value is -1.55. The molecule has 0 spiro atoms. The zero-order valence-corrected chi connectivity index (χ0v) is 15.2. The number of benzene rings is 1. The smallest absolute Gasteiger partial charge is 0.193 e. The second-order valence-corrected chi connectivity index (χ2v) is 7.79. The molecule has 2 aliphatic rings. The van der Waals surface area contributed by atoms with Crippen LogP contribution in [0.15, 0.2) is 23.2 Å². The van der Waals surface area contributed by atoms with Crippen LogP contribution in [0.25, 0.3) is 0 Å². The molecule has 0 radical (unpaired) electrons. The molecule has 3 N–H and O–H groups in total. The Balaban J connectivity index is 1.41. The fourth-order valence-corrected chi connectivity index (χ4v) is 4.31. The third kappa shape index (κ3) is 4.73. The average Bonchev–Trinajstić information content (AvgIpc) is 2.98. The van der Waals surface area contributed by atoms with E-state index in [0.29, 0.717) is 5.96 Å². The Labute approximate surface area is 146 Å². The van der Waals surface area contributed by atoms with Gasteiger partial charge in [-0.15, -0.1) is 0 Å². The number of piperidine rings is 1. The molecule has 1 heterocycles. The van der Waals surface area contributed by atoms with Gasteiger partial charge in [-0.1, -0.05) is 19.9 Å². The van der Waals surface area contributed by atoms with Crippen molar-refractivity contribution in [2.45, 2.75) is 46.0 Å². The number of fused-ring (bicyclic) bond motifs is 1. The standard InChI is InChI=1S/C20H32N4/c1-15-11-16(2)14-24(13-15)10-4-9-22-20(21)23-19-8-7-17-5-3-6-18(17)12-19/h7-8,12,15-16H,3-6,9-11,13-14H2,1-2H3,(H3,21,22,23). The van der Waals surface area contributed by atoms with E-state index < -0.39 is 0 Å². The summed E-state index contributed by atoms with van der Waals surface area (Å²) in [5.41, 5.74) is 10.1. The Bertz CT molecular complexity index is 571. The van der Waals surface area contributed by atoms with Crippen LogP contribution in [0.2, 0.25) is 0 Å². The zero-order valence-electron chi connectivity index (χ0n) is 15.2. The van der Waals surface area contributed by atoms with Gasteiger partial charge in [0.15, 0.2) is 5.96 Å². The lowest BCUT2D eigenvalue weighted by atomic mass is 9.92. The quantitative estimate of drug-likeness (QED) is 0.495. The molecule has 4 heteroatoms. The summed E-state index contributed by atoms with van der Waals surface area (Å²) in [5.74, 6) is 2.18. The number of nitrogens with one attached hydrogen (secondary N) is 1. The molecule has 1 aromatic carbocycles. The van der Waals surface area contributed by atoms with E-state index in [0.717, 1.165) is 37.0 Å². The molecule has 1 fully saturated rings. The Kier molecular flexibility index (Phi) is 5.77. The number of aliphatic imine (C=N–C) groups is 1. The van der Waals surface area contributed by atoms with E-state index in [2.05, 4.69) is 47.3 Å². The summed E-state index contributed by atoms with van der Waals surface area (Å²) >= 11 is 0. The van der Waals surface area contributed by atoms with Gasteiger partial charge in [0.1, 0.15) is 0 Å². The van der Waals surface area contributed by atoms with Crippen LogP contribution in [0.4, 0.5) is 5.69 Å². The molecule has 2 atom stereocenters. The van der Waals surface area contributed by atoms with Crippen molar-refractivity contribution in [1.29, 1.82) is 0 Å². The van der Waals surface area contributed by atoms with Gasteiger partial charge >= 0.3 is 0 Å². The zero-order chi connectivity index (χ0) is 16.9. The Morgan fingerprint density at radius 2 is 1.96 bits per heavy atom. The van der Waals surface area contributed by atoms with Gasteiger partial charge in [0.05, 0.1) is 0 Å². The third-order valence-electron chi connectivity index (χ3n) is 5.23. The fourth-order valence-electron chi connectivity index (χ4n) is 4.31. The molecule has 0 amide bonds. The molecule has 4 nitrogen and oxygen atoms in total. The highest BCUT2D eigenvalue weighted by atomic mass is 15.1. The van der Waals surface area contributed by atoms with Crippen molar-refractivity contribution >= 4 is 11.6 Å². The van der Waals surface area contributed by atoms with Crippen LogP contribution in [-0.4, -0.2) is 37.0 Å². The number of nitrogens with zero attached hydrogens (tertiary/aromatic N) is 2. The summed E-state index contributed by atoms with van der Waals surface area (Å²) in [6.07, 6.45) is 6.12. The van der Waals surface area contributed by atoms with Gasteiger partial charge in [-0.2, -0.15) is 0 Å². The summed E-state index contributed by atoms with van der Waals surface area (Å²) in [7, 11) is 0. The number of rotatable bonds is 5. The highest BCUT2D eigenvalue weighted by Gasteiger charge is 2.20. The third-order valence-corrected chi connectivity index (χ3v) is 5.23. The highest BCUT2D eigenvalue weighted by Crippen LogP contribution is 2.24. The molecule has 1 aromatic rings. The van der Waals surface area contributed by atoms with E-state index in [1.165, 1.54) is 49.9 Å². The van der Waals surface area contributed by atoms with Crippen LogP contribution < -0.4 is 11.1 Å². The van der Waals surface area contributed by atoms with E-state index in [4.69, 9.17) is 5.73 Å². The lowest BCUT2D eigenvalue weighted by Crippen LogP contribution is -2.39. The van der Waals surface area contributed by atoms with Crippen LogP contribution >= 0.6 is 0 Å². The van der Waals surface area contributed by atoms with Gasteiger partial charge < -0.3 is 16.0 Å². The second-order valence-electron chi connectivity index (χ2n) is 7.79. The number of aryl methyl sites for hydroxylation is 2. The van der Waals surface area contributed by atoms with Gasteiger partial charge in [0.2, 0.25) is 0 Å². The van der Waals surface area contributed by atoms with Crippen LogP contribution in [-0.2, 0) is 12.8 Å². The lowest BCUT2D eigenvalue weighted by Gasteiger charge is -2.34. The molecule has 0 bridgehead atoms. The predicted octanol–water partition coefficient (Wildman–Crippen LogP) is 3.27. The minimum atomic E-state index is 0.535. The Morgan fingerprint density at radius 3 is 2.75 bits per heavy atom. The summed E-state index contributed by atoms with van der Waals surface area (Å²) in [6.45, 7) is 9.11. The van der Waals surface area contributed by atoms with E-state index in [-0.39, 0.29) is 0 Å². The molecule has 1 aliphatic heterocycles. The van der Waals surface area contributed by atoms with E-state index in [1.807, 2.05) is 0 Å². The van der Waals surface area contributed by atoms with E-state index in [9.17, 15) is 0 Å². The van der Waals surface area contributed by atoms with Crippen molar-refractivity contribution in [1.82, 2.24) is 4.90 Å². The molecule has 1 aliphatic carbocycles. The van der Waals surface area contributed by atoms with Crippen molar-refractivity contribution in [3.8, 4) is 0 Å². The molecular formula is C20H32N4. The number of hydrogen-bond donors (Lipinski definition) is 2. The van der Waals surface area contributed by atoms with Crippen molar-refractivity contribution < 1.29 is 0 Å². The predicted molar refractivity (Wildman–Crippen MR) is 103 cm³/mol. The average molecular weight is 329 g/mol. The normalized spacial score (nSPS) is 24.8. The van der Waals surface area contributed by atoms with E-state index >= 15 is 0 Å². The lowest BCUT2D eigenvalue weighted by molar-refractivity contribution is 0.140. The Morgan fingerprint density at radius 1 is 1.21 bits per heavy atom. The molecule has 132 valence electrons. The highest BCUT2D eigenvalue weighted by molar-refractivity contribution is 5.92. The maximum Gasteiger partial charge on any atom is 0.193 e. The fraction of sp³-hybridized carbons (Fsp3) is 0.650. The molecular weight excluding hydrogens is 296 g/mol. The summed E-state index contributed by atoms with van der Waals surface area (Å²) in [4.78, 5) is 7.07. The summed E-state index contributed by atoms with van der Waals surface area (Å²) < 4.78 is 0. The number of guanidine groups is 1. The van der Waals surface area contributed by atoms with Crippen LogP contribution in [0.1, 0.15) is 44.2 Å². The maximum absolute atomic E-state index is 6.04. The second kappa shape index (κ2) is 8.02. The first-order valence-corrected chi connectivity index (χ1v) is 9.51. The first-order valence-electron chi connectivity index (χ1n) is 9.51. The number of likely N-dealkylation sites (tertiary alicyclic amines) is 1. The van der Waals surface area contributed by atoms with Crippen LogP contribution in [0.3, 0.4) is 0 Å². The van der Waals surface area contributed by atoms with Gasteiger partial charge in [-0.3, -0.25) is 4.99 Å². The molecule has 3 rings (SSSR count). The molecule has 1 saturated heterocycles. The minimum Gasteiger partial charge on any atom is -0.370 e. The van der Waals surface area contributed by atoms with Crippen LogP contribution in [0, 0.1) is 11.8 Å². The minimum absolute atomic E-state index is 0.535. The van der Waals surface area contributed by atoms with Gasteiger partial charge in [0.25, 0.3) is 0 Å². The molecule has 0 aromatic heterocycles. The van der Waals surface area contributed by atoms with Gasteiger partial charge in [-0.25, -0.2) is 0 Å². The van der Waals surface area contributed by atoms with Crippen LogP contribution in [0.5, 0.6) is 0 Å². The van der Waals surface area contributed by atoms with Gasteiger partial charge in [0, 0.05) is 25.3 Å². The van der Waals surface area contributed by atoms with E-state index in [1.54, 1.807) is 0 Å². The number of nitrogens with two attached hydrogens (primary N) is 1. The van der Waals surface area contributed by atoms with Crippen molar-refractivity contribution in [3.05, 3.63) is 29.3 Å². The largest absolute Gasteiger partial charge is 0.370 e. The van der Waals surface area contributed by atoms with Crippen molar-refractivity contribution in [2.75, 3.05) is 31.5 Å². The first kappa shape index (κ1) is 17.3. The molecule has 24 heavy (non-hydrogen) atoms. The molecule has 0 saturated carbocycles. The van der Waals surface area contributed by atoms with Crippen molar-refractivity contribution in [3.63, 3.8) is 0 Å². The summed E-state index contributed by atoms with van der Waals surface area (Å²) in [5, 5.41) is 3.24. The SMILES string of the molecule is CC1CC(C)CN(CCCN=C(N)Nc2ccc3c(c2)CCC3)C1. The summed E-state index contributed by atoms with van der Waals surface area (Å²) in [6, 6.07) is 6.56. The number of anilines is 1. The van der Waals surface area contributed by atoms with Gasteiger partial charge in [-0.05, 0) is 73.7 Å². The first-order chi connectivity index (χ1) is 11.6. The van der Waals surface area contributed by atoms with Crippen molar-refractivity contribution in [2.24, 2.45) is 22.6 Å². The topological polar surface area (TPSA) is 53.6 Å². The maximum atomic E-state index is 6.04.